The number of hydrogen-bond donors (Lipinski definition) is 2. The third-order valence-corrected chi connectivity index (χ3v) is 2.87. The van der Waals surface area contributed by atoms with E-state index in [2.05, 4.69) is 49.0 Å². The van der Waals surface area contributed by atoms with E-state index in [-0.39, 0.29) is 6.61 Å². The summed E-state index contributed by atoms with van der Waals surface area (Å²) >= 11 is 0. The minimum atomic E-state index is 0.158. The van der Waals surface area contributed by atoms with Crippen molar-refractivity contribution in [3.8, 4) is 0 Å². The largest absolute Gasteiger partial charge is 0.395 e. The fourth-order valence-electron chi connectivity index (χ4n) is 1.91. The lowest BCUT2D eigenvalue weighted by molar-refractivity contribution is 0.302. The summed E-state index contributed by atoms with van der Waals surface area (Å²) in [6.07, 6.45) is 1.91. The molecule has 1 heterocycles. The van der Waals surface area contributed by atoms with Gasteiger partial charge in [0.25, 0.3) is 0 Å². The molecule has 1 aromatic rings. The van der Waals surface area contributed by atoms with Crippen LogP contribution in [0.4, 0.5) is 5.82 Å². The maximum atomic E-state index is 9.04. The summed E-state index contributed by atoms with van der Waals surface area (Å²) in [5.41, 5.74) is 2.36. The first kappa shape index (κ1) is 14.9. The number of nitrogens with one attached hydrogen (secondary N) is 1. The molecule has 18 heavy (non-hydrogen) atoms. The number of aliphatic hydroxyl groups is 1. The van der Waals surface area contributed by atoms with Gasteiger partial charge in [-0.2, -0.15) is 0 Å². The van der Waals surface area contributed by atoms with Crippen LogP contribution in [-0.2, 0) is 6.54 Å². The summed E-state index contributed by atoms with van der Waals surface area (Å²) in [5, 5.41) is 12.4. The standard InChI is InChI=1S/C14H25N3O/c1-5-17(6-7-18)14-12(4)8-13(10-16-14)9-15-11(2)3/h8,10-11,15,18H,5-7,9H2,1-4H3. The maximum absolute atomic E-state index is 9.04. The van der Waals surface area contributed by atoms with Crippen molar-refractivity contribution in [2.75, 3.05) is 24.6 Å². The molecule has 0 aliphatic rings. The second kappa shape index (κ2) is 7.34. The highest BCUT2D eigenvalue weighted by Crippen LogP contribution is 2.17. The van der Waals surface area contributed by atoms with E-state index in [1.807, 2.05) is 6.20 Å². The molecule has 0 saturated heterocycles. The van der Waals surface area contributed by atoms with E-state index in [0.717, 1.165) is 24.5 Å². The molecular weight excluding hydrogens is 226 g/mol. The smallest absolute Gasteiger partial charge is 0.131 e. The Kier molecular flexibility index (Phi) is 6.09. The molecule has 1 rings (SSSR count). The van der Waals surface area contributed by atoms with E-state index >= 15 is 0 Å². The van der Waals surface area contributed by atoms with Crippen LogP contribution in [0.25, 0.3) is 0 Å². The molecule has 0 amide bonds. The van der Waals surface area contributed by atoms with Crippen LogP contribution in [0.3, 0.4) is 0 Å². The predicted octanol–water partition coefficient (Wildman–Crippen LogP) is 1.71. The van der Waals surface area contributed by atoms with Gasteiger partial charge < -0.3 is 15.3 Å². The van der Waals surface area contributed by atoms with Gasteiger partial charge in [0.15, 0.2) is 0 Å². The van der Waals surface area contributed by atoms with Crippen molar-refractivity contribution in [3.63, 3.8) is 0 Å². The Hall–Kier alpha value is -1.13. The van der Waals surface area contributed by atoms with Gasteiger partial charge in [-0.1, -0.05) is 13.8 Å². The topological polar surface area (TPSA) is 48.4 Å². The van der Waals surface area contributed by atoms with Crippen molar-refractivity contribution in [1.29, 1.82) is 0 Å². The monoisotopic (exact) mass is 251 g/mol. The maximum Gasteiger partial charge on any atom is 0.131 e. The van der Waals surface area contributed by atoms with Crippen LogP contribution in [-0.4, -0.2) is 35.8 Å². The number of rotatable bonds is 7. The minimum Gasteiger partial charge on any atom is -0.395 e. The lowest BCUT2D eigenvalue weighted by Gasteiger charge is -2.23. The van der Waals surface area contributed by atoms with Crippen molar-refractivity contribution >= 4 is 5.82 Å². The molecule has 0 fully saturated rings. The Morgan fingerprint density at radius 1 is 1.44 bits per heavy atom. The summed E-state index contributed by atoms with van der Waals surface area (Å²) in [4.78, 5) is 6.61. The lowest BCUT2D eigenvalue weighted by atomic mass is 10.2. The number of hydrogen-bond acceptors (Lipinski definition) is 4. The summed E-state index contributed by atoms with van der Waals surface area (Å²) in [7, 11) is 0. The van der Waals surface area contributed by atoms with Gasteiger partial charge in [0, 0.05) is 31.9 Å². The Balaban J connectivity index is 2.78. The zero-order valence-electron chi connectivity index (χ0n) is 11.9. The summed E-state index contributed by atoms with van der Waals surface area (Å²) in [6.45, 7) is 10.9. The zero-order valence-corrected chi connectivity index (χ0v) is 11.9. The van der Waals surface area contributed by atoms with Crippen molar-refractivity contribution in [2.45, 2.75) is 40.3 Å². The highest BCUT2D eigenvalue weighted by atomic mass is 16.3. The Bertz CT molecular complexity index is 366. The number of pyridine rings is 1. The molecule has 0 atom stereocenters. The van der Waals surface area contributed by atoms with Crippen molar-refractivity contribution < 1.29 is 5.11 Å². The molecule has 0 aliphatic carbocycles. The molecule has 4 nitrogen and oxygen atoms in total. The van der Waals surface area contributed by atoms with Crippen LogP contribution in [0, 0.1) is 6.92 Å². The van der Waals surface area contributed by atoms with E-state index in [4.69, 9.17) is 5.11 Å². The van der Waals surface area contributed by atoms with Crippen molar-refractivity contribution in [3.05, 3.63) is 23.4 Å². The summed E-state index contributed by atoms with van der Waals surface area (Å²) < 4.78 is 0. The van der Waals surface area contributed by atoms with E-state index in [0.29, 0.717) is 12.6 Å². The fourth-order valence-corrected chi connectivity index (χ4v) is 1.91. The minimum absolute atomic E-state index is 0.158. The quantitative estimate of drug-likeness (QED) is 0.774. The molecule has 102 valence electrons. The SMILES string of the molecule is CCN(CCO)c1ncc(CNC(C)C)cc1C. The van der Waals surface area contributed by atoms with Gasteiger partial charge in [0.2, 0.25) is 0 Å². The van der Waals surface area contributed by atoms with Gasteiger partial charge in [-0.15, -0.1) is 0 Å². The first-order chi connectivity index (χ1) is 8.58. The van der Waals surface area contributed by atoms with Crippen LogP contribution in [0.2, 0.25) is 0 Å². The average Bonchev–Trinajstić information content (AvgIpc) is 2.34. The van der Waals surface area contributed by atoms with Crippen LogP contribution in [0.15, 0.2) is 12.3 Å². The Morgan fingerprint density at radius 2 is 2.17 bits per heavy atom. The second-order valence-electron chi connectivity index (χ2n) is 4.82. The predicted molar refractivity (Wildman–Crippen MR) is 75.9 cm³/mol. The first-order valence-corrected chi connectivity index (χ1v) is 6.63. The normalized spacial score (nSPS) is 11.0. The zero-order chi connectivity index (χ0) is 13.5. The van der Waals surface area contributed by atoms with E-state index in [1.165, 1.54) is 5.56 Å². The van der Waals surface area contributed by atoms with Gasteiger partial charge in [0.1, 0.15) is 5.82 Å². The second-order valence-corrected chi connectivity index (χ2v) is 4.82. The number of aliphatic hydroxyl groups excluding tert-OH is 1. The summed E-state index contributed by atoms with van der Waals surface area (Å²) in [5.74, 6) is 0.972. The average molecular weight is 251 g/mol. The Labute approximate surface area is 110 Å². The molecule has 0 radical (unpaired) electrons. The van der Waals surface area contributed by atoms with Gasteiger partial charge >= 0.3 is 0 Å². The molecule has 1 aromatic heterocycles. The first-order valence-electron chi connectivity index (χ1n) is 6.63. The Morgan fingerprint density at radius 3 is 2.67 bits per heavy atom. The van der Waals surface area contributed by atoms with Gasteiger partial charge in [-0.3, -0.25) is 0 Å². The van der Waals surface area contributed by atoms with Crippen molar-refractivity contribution in [1.82, 2.24) is 10.3 Å². The fraction of sp³-hybridized carbons (Fsp3) is 0.643. The number of anilines is 1. The van der Waals surface area contributed by atoms with Crippen LogP contribution in [0.1, 0.15) is 31.9 Å². The molecule has 0 unspecified atom stereocenters. The molecule has 0 aliphatic heterocycles. The highest BCUT2D eigenvalue weighted by molar-refractivity contribution is 5.47. The van der Waals surface area contributed by atoms with E-state index in [1.54, 1.807) is 0 Å². The van der Waals surface area contributed by atoms with Crippen molar-refractivity contribution in [2.24, 2.45) is 0 Å². The highest BCUT2D eigenvalue weighted by Gasteiger charge is 2.09. The molecular formula is C14H25N3O. The van der Waals surface area contributed by atoms with Gasteiger partial charge in [0.05, 0.1) is 6.61 Å². The van der Waals surface area contributed by atoms with E-state index in [9.17, 15) is 0 Å². The number of nitrogens with zero attached hydrogens (tertiary/aromatic N) is 2. The summed E-state index contributed by atoms with van der Waals surface area (Å²) in [6, 6.07) is 2.64. The van der Waals surface area contributed by atoms with Gasteiger partial charge in [-0.05, 0) is 31.0 Å². The van der Waals surface area contributed by atoms with Crippen LogP contribution in [0.5, 0.6) is 0 Å². The molecule has 0 saturated carbocycles. The van der Waals surface area contributed by atoms with Crippen LogP contribution < -0.4 is 10.2 Å². The van der Waals surface area contributed by atoms with E-state index < -0.39 is 0 Å². The molecule has 0 aromatic carbocycles. The third-order valence-electron chi connectivity index (χ3n) is 2.87. The number of likely N-dealkylation sites (N-methyl/N-ethyl adjacent to an activating group) is 1. The molecule has 0 bridgehead atoms. The molecule has 0 spiro atoms. The molecule has 2 N–H and O–H groups in total. The number of aromatic nitrogens is 1. The van der Waals surface area contributed by atoms with Gasteiger partial charge in [-0.25, -0.2) is 4.98 Å². The van der Waals surface area contributed by atoms with Crippen LogP contribution >= 0.6 is 0 Å². The third kappa shape index (κ3) is 4.27. The molecule has 4 heteroatoms. The number of aryl methyl sites for hydroxylation is 1. The lowest BCUT2D eigenvalue weighted by Crippen LogP contribution is -2.28.